The lowest BCUT2D eigenvalue weighted by Gasteiger charge is -2.31. The van der Waals surface area contributed by atoms with Crippen molar-refractivity contribution < 1.29 is 0 Å². The first-order chi connectivity index (χ1) is 9.67. The zero-order chi connectivity index (χ0) is 14.4. The fourth-order valence-electron chi connectivity index (χ4n) is 2.70. The minimum atomic E-state index is 0.486. The summed E-state index contributed by atoms with van der Waals surface area (Å²) in [4.78, 5) is 2.56. The Kier molecular flexibility index (Phi) is 5.98. The number of nitrogens with one attached hydrogen (secondary N) is 1. The number of hydrogen-bond acceptors (Lipinski definition) is 4. The number of piperidine rings is 1. The molecule has 2 heterocycles. The second-order valence-corrected chi connectivity index (χ2v) is 6.20. The highest BCUT2D eigenvalue weighted by Gasteiger charge is 2.17. The number of likely N-dealkylation sites (tertiary alicyclic amines) is 1. The van der Waals surface area contributed by atoms with Gasteiger partial charge < -0.3 is 10.2 Å². The standard InChI is InChI=1S/C15H29N5/c1-4-14-5-7-19(8-6-14)9-10-20-12-15(17-18-20)11-16-13(2)3/h12-14,16H,4-11H2,1-3H3. The van der Waals surface area contributed by atoms with E-state index in [0.29, 0.717) is 6.04 Å². The Balaban J connectivity index is 1.69. The van der Waals surface area contributed by atoms with Crippen molar-refractivity contribution in [1.82, 2.24) is 25.2 Å². The van der Waals surface area contributed by atoms with Crippen molar-refractivity contribution in [2.24, 2.45) is 5.92 Å². The molecule has 1 aliphatic heterocycles. The molecular weight excluding hydrogens is 250 g/mol. The van der Waals surface area contributed by atoms with Crippen LogP contribution in [0, 0.1) is 5.92 Å². The highest BCUT2D eigenvalue weighted by Crippen LogP contribution is 2.19. The summed E-state index contributed by atoms with van der Waals surface area (Å²) < 4.78 is 1.98. The van der Waals surface area contributed by atoms with Gasteiger partial charge in [0, 0.05) is 25.3 Å². The minimum Gasteiger partial charge on any atom is -0.309 e. The summed E-state index contributed by atoms with van der Waals surface area (Å²) in [6.45, 7) is 11.9. The highest BCUT2D eigenvalue weighted by molar-refractivity contribution is 4.91. The molecule has 0 atom stereocenters. The van der Waals surface area contributed by atoms with Gasteiger partial charge in [-0.3, -0.25) is 4.68 Å². The number of rotatable bonds is 7. The molecule has 1 aromatic rings. The van der Waals surface area contributed by atoms with E-state index in [9.17, 15) is 0 Å². The van der Waals surface area contributed by atoms with Crippen molar-refractivity contribution in [3.63, 3.8) is 0 Å². The van der Waals surface area contributed by atoms with Gasteiger partial charge in [-0.2, -0.15) is 0 Å². The van der Waals surface area contributed by atoms with Crippen molar-refractivity contribution in [3.05, 3.63) is 11.9 Å². The predicted molar refractivity (Wildman–Crippen MR) is 81.5 cm³/mol. The zero-order valence-electron chi connectivity index (χ0n) is 13.2. The van der Waals surface area contributed by atoms with E-state index < -0.39 is 0 Å². The van der Waals surface area contributed by atoms with Crippen molar-refractivity contribution in [2.75, 3.05) is 19.6 Å². The molecule has 0 bridgehead atoms. The van der Waals surface area contributed by atoms with E-state index in [1.807, 2.05) is 4.68 Å². The highest BCUT2D eigenvalue weighted by atomic mass is 15.4. The van der Waals surface area contributed by atoms with Gasteiger partial charge in [-0.25, -0.2) is 0 Å². The molecule has 114 valence electrons. The van der Waals surface area contributed by atoms with Crippen LogP contribution in [0.25, 0.3) is 0 Å². The summed E-state index contributed by atoms with van der Waals surface area (Å²) in [5, 5.41) is 11.8. The van der Waals surface area contributed by atoms with Gasteiger partial charge in [0.2, 0.25) is 0 Å². The second kappa shape index (κ2) is 7.74. The maximum Gasteiger partial charge on any atom is 0.0964 e. The van der Waals surface area contributed by atoms with Crippen molar-refractivity contribution in [1.29, 1.82) is 0 Å². The molecule has 0 spiro atoms. The van der Waals surface area contributed by atoms with E-state index in [0.717, 1.165) is 31.2 Å². The van der Waals surface area contributed by atoms with Crippen LogP contribution in [0.5, 0.6) is 0 Å². The van der Waals surface area contributed by atoms with Crippen LogP contribution in [0.3, 0.4) is 0 Å². The minimum absolute atomic E-state index is 0.486. The molecule has 0 unspecified atom stereocenters. The van der Waals surface area contributed by atoms with E-state index in [1.54, 1.807) is 0 Å². The molecule has 1 aromatic heterocycles. The van der Waals surface area contributed by atoms with E-state index in [1.165, 1.54) is 32.4 Å². The Morgan fingerprint density at radius 2 is 2.05 bits per heavy atom. The Morgan fingerprint density at radius 1 is 1.30 bits per heavy atom. The smallest absolute Gasteiger partial charge is 0.0964 e. The van der Waals surface area contributed by atoms with Gasteiger partial charge in [0.25, 0.3) is 0 Å². The molecule has 0 aliphatic carbocycles. The molecule has 20 heavy (non-hydrogen) atoms. The van der Waals surface area contributed by atoms with E-state index in [-0.39, 0.29) is 0 Å². The molecule has 1 aliphatic rings. The van der Waals surface area contributed by atoms with Crippen LogP contribution in [0.1, 0.15) is 45.7 Å². The van der Waals surface area contributed by atoms with Crippen molar-refractivity contribution in [2.45, 2.75) is 59.2 Å². The first kappa shape index (κ1) is 15.4. The lowest BCUT2D eigenvalue weighted by atomic mass is 9.94. The number of nitrogens with zero attached hydrogens (tertiary/aromatic N) is 4. The van der Waals surface area contributed by atoms with Gasteiger partial charge >= 0.3 is 0 Å². The maximum absolute atomic E-state index is 4.21. The molecule has 0 saturated carbocycles. The summed E-state index contributed by atoms with van der Waals surface area (Å²) in [5.41, 5.74) is 1.03. The van der Waals surface area contributed by atoms with Crippen LogP contribution in [-0.4, -0.2) is 45.6 Å². The van der Waals surface area contributed by atoms with Gasteiger partial charge in [0.1, 0.15) is 0 Å². The van der Waals surface area contributed by atoms with Crippen LogP contribution in [0.4, 0.5) is 0 Å². The molecule has 1 fully saturated rings. The molecule has 1 saturated heterocycles. The monoisotopic (exact) mass is 279 g/mol. The molecule has 0 radical (unpaired) electrons. The maximum atomic E-state index is 4.21. The fraction of sp³-hybridized carbons (Fsp3) is 0.867. The fourth-order valence-corrected chi connectivity index (χ4v) is 2.70. The van der Waals surface area contributed by atoms with Gasteiger partial charge in [0.15, 0.2) is 0 Å². The quantitative estimate of drug-likeness (QED) is 0.828. The Labute approximate surface area is 122 Å². The lowest BCUT2D eigenvalue weighted by molar-refractivity contribution is 0.174. The van der Waals surface area contributed by atoms with Crippen LogP contribution < -0.4 is 5.32 Å². The van der Waals surface area contributed by atoms with Gasteiger partial charge in [-0.15, -0.1) is 5.10 Å². The van der Waals surface area contributed by atoms with Crippen LogP contribution >= 0.6 is 0 Å². The average molecular weight is 279 g/mol. The molecule has 2 rings (SSSR count). The largest absolute Gasteiger partial charge is 0.309 e. The molecule has 1 N–H and O–H groups in total. The van der Waals surface area contributed by atoms with Crippen molar-refractivity contribution >= 4 is 0 Å². The third kappa shape index (κ3) is 4.87. The number of aromatic nitrogens is 3. The Morgan fingerprint density at radius 3 is 2.70 bits per heavy atom. The van der Waals surface area contributed by atoms with Gasteiger partial charge in [0.05, 0.1) is 12.2 Å². The summed E-state index contributed by atoms with van der Waals surface area (Å²) >= 11 is 0. The topological polar surface area (TPSA) is 46.0 Å². The third-order valence-electron chi connectivity index (χ3n) is 4.21. The summed E-state index contributed by atoms with van der Waals surface area (Å²) in [6, 6.07) is 0.486. The summed E-state index contributed by atoms with van der Waals surface area (Å²) in [5.74, 6) is 0.950. The average Bonchev–Trinajstić information content (AvgIpc) is 2.91. The van der Waals surface area contributed by atoms with Gasteiger partial charge in [-0.1, -0.05) is 32.4 Å². The second-order valence-electron chi connectivity index (χ2n) is 6.20. The molecule has 5 heteroatoms. The van der Waals surface area contributed by atoms with Crippen LogP contribution in [0.15, 0.2) is 6.20 Å². The molecule has 5 nitrogen and oxygen atoms in total. The van der Waals surface area contributed by atoms with E-state index in [4.69, 9.17) is 0 Å². The lowest BCUT2D eigenvalue weighted by Crippen LogP contribution is -2.35. The van der Waals surface area contributed by atoms with E-state index in [2.05, 4.69) is 47.5 Å². The van der Waals surface area contributed by atoms with Crippen LogP contribution in [0.2, 0.25) is 0 Å². The normalized spacial score (nSPS) is 18.0. The van der Waals surface area contributed by atoms with Crippen molar-refractivity contribution in [3.8, 4) is 0 Å². The summed E-state index contributed by atoms with van der Waals surface area (Å²) in [7, 11) is 0. The van der Waals surface area contributed by atoms with Gasteiger partial charge in [-0.05, 0) is 31.8 Å². The third-order valence-corrected chi connectivity index (χ3v) is 4.21. The first-order valence-corrected chi connectivity index (χ1v) is 8.02. The Hall–Kier alpha value is -0.940. The number of hydrogen-bond donors (Lipinski definition) is 1. The predicted octanol–water partition coefficient (Wildman–Crippen LogP) is 1.90. The summed E-state index contributed by atoms with van der Waals surface area (Å²) in [6.07, 6.45) is 6.12. The molecule has 0 aromatic carbocycles. The van der Waals surface area contributed by atoms with E-state index >= 15 is 0 Å². The molecule has 0 amide bonds. The molecular formula is C15H29N5. The SMILES string of the molecule is CCC1CCN(CCn2cc(CNC(C)C)nn2)CC1. The first-order valence-electron chi connectivity index (χ1n) is 8.02. The van der Waals surface area contributed by atoms with Crippen LogP contribution in [-0.2, 0) is 13.1 Å². The Bertz CT molecular complexity index is 379. The zero-order valence-corrected chi connectivity index (χ0v) is 13.2.